The zero-order valence-electron chi connectivity index (χ0n) is 11.2. The molecule has 17 heavy (non-hydrogen) atoms. The van der Waals surface area contributed by atoms with Gasteiger partial charge >= 0.3 is 5.97 Å². The number of hydrogen-bond donors (Lipinski definition) is 0. The molecule has 0 aromatic carbocycles. The van der Waals surface area contributed by atoms with E-state index < -0.39 is 0 Å². The minimum absolute atomic E-state index is 0.0267. The molecule has 0 spiro atoms. The van der Waals surface area contributed by atoms with Crippen molar-refractivity contribution >= 4 is 11.9 Å². The Morgan fingerprint density at radius 3 is 2.12 bits per heavy atom. The molecule has 0 N–H and O–H groups in total. The summed E-state index contributed by atoms with van der Waals surface area (Å²) in [6.45, 7) is 3.83. The average molecular weight is 241 g/mol. The lowest BCUT2D eigenvalue weighted by Crippen LogP contribution is -2.42. The standard InChI is InChI=1S/C13H23NO3/c1-9(2)12(15)14(3)11-7-5-10(6-8-11)13(16)17-4/h9-11H,5-8H2,1-4H3. The Morgan fingerprint density at radius 1 is 1.18 bits per heavy atom. The third kappa shape index (κ3) is 3.45. The van der Waals surface area contributed by atoms with Gasteiger partial charge in [-0.1, -0.05) is 13.8 Å². The van der Waals surface area contributed by atoms with Crippen molar-refractivity contribution in [2.45, 2.75) is 45.6 Å². The number of carbonyl (C=O) groups excluding carboxylic acids is 2. The highest BCUT2D eigenvalue weighted by molar-refractivity contribution is 5.78. The number of methoxy groups -OCH3 is 1. The van der Waals surface area contributed by atoms with Crippen LogP contribution >= 0.6 is 0 Å². The number of hydrogen-bond acceptors (Lipinski definition) is 3. The van der Waals surface area contributed by atoms with E-state index in [1.807, 2.05) is 25.8 Å². The zero-order valence-corrected chi connectivity index (χ0v) is 11.2. The maximum absolute atomic E-state index is 11.8. The lowest BCUT2D eigenvalue weighted by atomic mass is 9.85. The van der Waals surface area contributed by atoms with E-state index in [0.29, 0.717) is 0 Å². The highest BCUT2D eigenvalue weighted by Gasteiger charge is 2.30. The summed E-state index contributed by atoms with van der Waals surface area (Å²) in [4.78, 5) is 25.1. The molecule has 1 saturated carbocycles. The second kappa shape index (κ2) is 6.03. The summed E-state index contributed by atoms with van der Waals surface area (Å²) >= 11 is 0. The molecule has 1 aliphatic rings. The second-order valence-electron chi connectivity index (χ2n) is 5.13. The van der Waals surface area contributed by atoms with E-state index in [-0.39, 0.29) is 29.8 Å². The van der Waals surface area contributed by atoms with E-state index >= 15 is 0 Å². The molecule has 4 heteroatoms. The highest BCUT2D eigenvalue weighted by Crippen LogP contribution is 2.28. The molecule has 98 valence electrons. The van der Waals surface area contributed by atoms with Gasteiger partial charge in [-0.2, -0.15) is 0 Å². The monoisotopic (exact) mass is 241 g/mol. The van der Waals surface area contributed by atoms with Crippen molar-refractivity contribution in [3.63, 3.8) is 0 Å². The first kappa shape index (κ1) is 14.0. The van der Waals surface area contributed by atoms with Crippen LogP contribution in [-0.2, 0) is 14.3 Å². The minimum Gasteiger partial charge on any atom is -0.469 e. The van der Waals surface area contributed by atoms with Crippen molar-refractivity contribution in [2.75, 3.05) is 14.2 Å². The first-order valence-electron chi connectivity index (χ1n) is 6.31. The van der Waals surface area contributed by atoms with Gasteiger partial charge in [-0.3, -0.25) is 9.59 Å². The normalized spacial score (nSPS) is 24.5. The lowest BCUT2D eigenvalue weighted by molar-refractivity contribution is -0.147. The van der Waals surface area contributed by atoms with Gasteiger partial charge in [0.2, 0.25) is 5.91 Å². The van der Waals surface area contributed by atoms with Gasteiger partial charge in [-0.25, -0.2) is 0 Å². The third-order valence-corrected chi connectivity index (χ3v) is 3.62. The Hall–Kier alpha value is -1.06. The average Bonchev–Trinajstić information content (AvgIpc) is 2.36. The van der Waals surface area contributed by atoms with Gasteiger partial charge in [0.15, 0.2) is 0 Å². The molecule has 0 aromatic rings. The summed E-state index contributed by atoms with van der Waals surface area (Å²) in [5.74, 6) is 0.143. The van der Waals surface area contributed by atoms with Crippen molar-refractivity contribution in [3.05, 3.63) is 0 Å². The van der Waals surface area contributed by atoms with Gasteiger partial charge in [-0.15, -0.1) is 0 Å². The molecule has 0 heterocycles. The van der Waals surface area contributed by atoms with E-state index in [9.17, 15) is 9.59 Å². The number of amides is 1. The molecule has 1 rings (SSSR count). The molecular weight excluding hydrogens is 218 g/mol. The highest BCUT2D eigenvalue weighted by atomic mass is 16.5. The Labute approximate surface area is 103 Å². The Balaban J connectivity index is 2.46. The summed E-state index contributed by atoms with van der Waals surface area (Å²) in [6, 6.07) is 0.283. The quantitative estimate of drug-likeness (QED) is 0.708. The molecule has 0 aromatic heterocycles. The van der Waals surface area contributed by atoms with Crippen molar-refractivity contribution in [2.24, 2.45) is 11.8 Å². The second-order valence-corrected chi connectivity index (χ2v) is 5.13. The number of rotatable bonds is 3. The Bertz CT molecular complexity index is 280. The molecule has 0 unspecified atom stereocenters. The van der Waals surface area contributed by atoms with Crippen molar-refractivity contribution in [3.8, 4) is 0 Å². The van der Waals surface area contributed by atoms with Gasteiger partial charge in [0.05, 0.1) is 13.0 Å². The smallest absolute Gasteiger partial charge is 0.308 e. The lowest BCUT2D eigenvalue weighted by Gasteiger charge is -2.34. The third-order valence-electron chi connectivity index (χ3n) is 3.62. The molecular formula is C13H23NO3. The van der Waals surface area contributed by atoms with E-state index in [0.717, 1.165) is 25.7 Å². The number of nitrogens with zero attached hydrogens (tertiary/aromatic N) is 1. The first-order valence-corrected chi connectivity index (χ1v) is 6.31. The van der Waals surface area contributed by atoms with Gasteiger partial charge in [-0.05, 0) is 25.7 Å². The predicted octanol–water partition coefficient (Wildman–Crippen LogP) is 1.83. The van der Waals surface area contributed by atoms with Crippen LogP contribution in [0, 0.1) is 11.8 Å². The largest absolute Gasteiger partial charge is 0.469 e. The van der Waals surface area contributed by atoms with Crippen molar-refractivity contribution in [1.29, 1.82) is 0 Å². The fourth-order valence-electron chi connectivity index (χ4n) is 2.45. The summed E-state index contributed by atoms with van der Waals surface area (Å²) in [7, 11) is 3.30. The van der Waals surface area contributed by atoms with E-state index in [4.69, 9.17) is 4.74 Å². The van der Waals surface area contributed by atoms with Crippen LogP contribution in [0.3, 0.4) is 0 Å². The van der Waals surface area contributed by atoms with Crippen molar-refractivity contribution < 1.29 is 14.3 Å². The Morgan fingerprint density at radius 2 is 1.71 bits per heavy atom. The fourth-order valence-corrected chi connectivity index (χ4v) is 2.45. The van der Waals surface area contributed by atoms with Crippen LogP contribution < -0.4 is 0 Å². The molecule has 0 saturated heterocycles. The Kier molecular flexibility index (Phi) is 4.97. The summed E-state index contributed by atoms with van der Waals surface area (Å²) in [5, 5.41) is 0. The molecule has 0 bridgehead atoms. The minimum atomic E-state index is -0.110. The number of esters is 1. The van der Waals surface area contributed by atoms with Crippen LogP contribution in [0.15, 0.2) is 0 Å². The van der Waals surface area contributed by atoms with Crippen LogP contribution in [0.2, 0.25) is 0 Å². The molecule has 1 fully saturated rings. The maximum atomic E-state index is 11.8. The molecule has 0 atom stereocenters. The van der Waals surface area contributed by atoms with Crippen molar-refractivity contribution in [1.82, 2.24) is 4.90 Å². The molecule has 1 aliphatic carbocycles. The van der Waals surface area contributed by atoms with Crippen LogP contribution in [0.4, 0.5) is 0 Å². The SMILES string of the molecule is COC(=O)C1CCC(N(C)C(=O)C(C)C)CC1. The van der Waals surface area contributed by atoms with Gasteiger partial charge < -0.3 is 9.64 Å². The van der Waals surface area contributed by atoms with Gasteiger partial charge in [0.1, 0.15) is 0 Å². The van der Waals surface area contributed by atoms with Gasteiger partial charge in [0.25, 0.3) is 0 Å². The summed E-state index contributed by atoms with van der Waals surface area (Å²) in [6.07, 6.45) is 3.45. The molecule has 1 amide bonds. The van der Waals surface area contributed by atoms with Crippen LogP contribution in [0.25, 0.3) is 0 Å². The van der Waals surface area contributed by atoms with Crippen LogP contribution in [0.5, 0.6) is 0 Å². The topological polar surface area (TPSA) is 46.6 Å². The van der Waals surface area contributed by atoms with E-state index in [2.05, 4.69) is 0 Å². The molecule has 0 aliphatic heterocycles. The molecule has 0 radical (unpaired) electrons. The summed E-state index contributed by atoms with van der Waals surface area (Å²) < 4.78 is 4.75. The maximum Gasteiger partial charge on any atom is 0.308 e. The first-order chi connectivity index (χ1) is 7.97. The number of carbonyl (C=O) groups is 2. The predicted molar refractivity (Wildman–Crippen MR) is 65.4 cm³/mol. The summed E-state index contributed by atoms with van der Waals surface area (Å²) in [5.41, 5.74) is 0. The molecule has 4 nitrogen and oxygen atoms in total. The van der Waals surface area contributed by atoms with Crippen LogP contribution in [0.1, 0.15) is 39.5 Å². The van der Waals surface area contributed by atoms with Crippen LogP contribution in [-0.4, -0.2) is 37.0 Å². The number of ether oxygens (including phenoxy) is 1. The fraction of sp³-hybridized carbons (Fsp3) is 0.846. The van der Waals surface area contributed by atoms with E-state index in [1.54, 1.807) is 0 Å². The van der Waals surface area contributed by atoms with Gasteiger partial charge in [0, 0.05) is 19.0 Å². The van der Waals surface area contributed by atoms with E-state index in [1.165, 1.54) is 7.11 Å². The zero-order chi connectivity index (χ0) is 13.0.